The van der Waals surface area contributed by atoms with Gasteiger partial charge in [0.2, 0.25) is 0 Å². The van der Waals surface area contributed by atoms with Crippen LogP contribution in [0.4, 0.5) is 0 Å². The van der Waals surface area contributed by atoms with Gasteiger partial charge in [-0.15, -0.1) is 0 Å². The van der Waals surface area contributed by atoms with Crippen LogP contribution in [0.25, 0.3) is 0 Å². The maximum Gasteiger partial charge on any atom is 0.119 e. The Morgan fingerprint density at radius 1 is 1.28 bits per heavy atom. The lowest BCUT2D eigenvalue weighted by Crippen LogP contribution is -2.66. The number of methoxy groups -OCH3 is 1. The third-order valence-corrected chi connectivity index (χ3v) is 4.12. The Bertz CT molecular complexity index is 300. The van der Waals surface area contributed by atoms with Crippen LogP contribution in [0.3, 0.4) is 0 Å². The summed E-state index contributed by atoms with van der Waals surface area (Å²) in [6.45, 7) is 7.24. The van der Waals surface area contributed by atoms with Gasteiger partial charge in [-0.2, -0.15) is 0 Å². The van der Waals surface area contributed by atoms with E-state index >= 15 is 0 Å². The summed E-state index contributed by atoms with van der Waals surface area (Å²) in [5, 5.41) is 30.0. The number of hydrogen-bond acceptors (Lipinski definition) is 4. The Morgan fingerprint density at radius 2 is 1.83 bits per heavy atom. The highest BCUT2D eigenvalue weighted by Crippen LogP contribution is 2.52. The van der Waals surface area contributed by atoms with Crippen LogP contribution in [0.5, 0.6) is 0 Å². The molecule has 0 radical (unpaired) electrons. The summed E-state index contributed by atoms with van der Waals surface area (Å²) in [5.41, 5.74) is -2.54. The molecular weight excluding hydrogens is 232 g/mol. The molecule has 106 valence electrons. The zero-order valence-electron chi connectivity index (χ0n) is 12.0. The van der Waals surface area contributed by atoms with Crippen LogP contribution in [0.15, 0.2) is 12.2 Å². The third-order valence-electron chi connectivity index (χ3n) is 4.12. The van der Waals surface area contributed by atoms with Crippen LogP contribution in [0, 0.1) is 5.41 Å². The van der Waals surface area contributed by atoms with E-state index in [4.69, 9.17) is 4.74 Å². The SMILES string of the molecule is CO[C@]1(/C=C/[C@H](C)O)C(C)(C)C[C@H](O)C[C@@]1(C)O. The average Bonchev–Trinajstić information content (AvgIpc) is 2.13. The molecule has 1 aliphatic carbocycles. The monoisotopic (exact) mass is 258 g/mol. The Kier molecular flexibility index (Phi) is 4.28. The van der Waals surface area contributed by atoms with E-state index in [9.17, 15) is 15.3 Å². The lowest BCUT2D eigenvalue weighted by molar-refractivity contribution is -0.230. The molecule has 0 aromatic rings. The van der Waals surface area contributed by atoms with Gasteiger partial charge in [0.25, 0.3) is 0 Å². The van der Waals surface area contributed by atoms with E-state index < -0.39 is 28.8 Å². The first-order valence-corrected chi connectivity index (χ1v) is 6.41. The summed E-state index contributed by atoms with van der Waals surface area (Å²) < 4.78 is 5.65. The minimum absolute atomic E-state index is 0.258. The molecule has 0 spiro atoms. The molecule has 3 N–H and O–H groups in total. The molecule has 0 saturated heterocycles. The summed E-state index contributed by atoms with van der Waals surface area (Å²) in [4.78, 5) is 0. The zero-order chi connectivity index (χ0) is 14.2. The quantitative estimate of drug-likeness (QED) is 0.666. The van der Waals surface area contributed by atoms with Crippen molar-refractivity contribution in [3.05, 3.63) is 12.2 Å². The molecule has 4 atom stereocenters. The van der Waals surface area contributed by atoms with E-state index in [0.29, 0.717) is 6.42 Å². The standard InChI is InChI=1S/C14H26O4/c1-10(15)6-7-14(18-5)12(2,3)8-11(16)9-13(14,4)17/h6-7,10-11,15-17H,8-9H2,1-5H3/b7-6+/t10-,11-,13+,14+/m0/s1. The molecule has 1 saturated carbocycles. The smallest absolute Gasteiger partial charge is 0.119 e. The molecule has 0 unspecified atom stereocenters. The number of aliphatic hydroxyl groups is 3. The third kappa shape index (κ3) is 2.48. The van der Waals surface area contributed by atoms with Gasteiger partial charge >= 0.3 is 0 Å². The maximum atomic E-state index is 10.7. The van der Waals surface area contributed by atoms with Crippen LogP contribution < -0.4 is 0 Å². The predicted molar refractivity (Wildman–Crippen MR) is 70.2 cm³/mol. The molecular formula is C14H26O4. The van der Waals surface area contributed by atoms with Crippen LogP contribution in [-0.4, -0.2) is 45.8 Å². The molecule has 0 bridgehead atoms. The van der Waals surface area contributed by atoms with Crippen molar-refractivity contribution < 1.29 is 20.1 Å². The zero-order valence-corrected chi connectivity index (χ0v) is 12.0. The van der Waals surface area contributed by atoms with Gasteiger partial charge in [-0.25, -0.2) is 0 Å². The Labute approximate surface area is 109 Å². The van der Waals surface area contributed by atoms with E-state index in [-0.39, 0.29) is 6.42 Å². The first-order chi connectivity index (χ1) is 8.08. The van der Waals surface area contributed by atoms with Crippen molar-refractivity contribution in [1.29, 1.82) is 0 Å². The Hall–Kier alpha value is -0.420. The van der Waals surface area contributed by atoms with E-state index in [1.165, 1.54) is 0 Å². The molecule has 4 nitrogen and oxygen atoms in total. The summed E-state index contributed by atoms with van der Waals surface area (Å²) in [6.07, 6.45) is 3.02. The van der Waals surface area contributed by atoms with Gasteiger partial charge < -0.3 is 20.1 Å². The van der Waals surface area contributed by atoms with Gasteiger partial charge in [0, 0.05) is 18.9 Å². The van der Waals surface area contributed by atoms with Gasteiger partial charge in [-0.1, -0.05) is 26.0 Å². The lowest BCUT2D eigenvalue weighted by atomic mass is 9.57. The van der Waals surface area contributed by atoms with Crippen molar-refractivity contribution in [2.45, 2.75) is 63.9 Å². The highest BCUT2D eigenvalue weighted by molar-refractivity contribution is 5.22. The fourth-order valence-electron chi connectivity index (χ4n) is 3.40. The van der Waals surface area contributed by atoms with Crippen molar-refractivity contribution in [3.63, 3.8) is 0 Å². The molecule has 1 aliphatic rings. The first kappa shape index (κ1) is 15.6. The minimum Gasteiger partial charge on any atom is -0.393 e. The van der Waals surface area contributed by atoms with E-state index in [2.05, 4.69) is 0 Å². The summed E-state index contributed by atoms with van der Waals surface area (Å²) >= 11 is 0. The lowest BCUT2D eigenvalue weighted by Gasteiger charge is -2.57. The van der Waals surface area contributed by atoms with Crippen molar-refractivity contribution in [3.8, 4) is 0 Å². The van der Waals surface area contributed by atoms with Crippen LogP contribution in [0.1, 0.15) is 40.5 Å². The number of ether oxygens (including phenoxy) is 1. The summed E-state index contributed by atoms with van der Waals surface area (Å²) in [5.74, 6) is 0. The van der Waals surface area contributed by atoms with Gasteiger partial charge in [-0.3, -0.25) is 0 Å². The van der Waals surface area contributed by atoms with Gasteiger partial charge in [0.05, 0.1) is 17.8 Å². The Morgan fingerprint density at radius 3 is 2.22 bits per heavy atom. The van der Waals surface area contributed by atoms with Crippen molar-refractivity contribution in [2.24, 2.45) is 5.41 Å². The fourth-order valence-corrected chi connectivity index (χ4v) is 3.40. The second kappa shape index (κ2) is 4.93. The van der Waals surface area contributed by atoms with Crippen molar-refractivity contribution >= 4 is 0 Å². The topological polar surface area (TPSA) is 69.9 Å². The Balaban J connectivity index is 3.26. The van der Waals surface area contributed by atoms with Crippen molar-refractivity contribution in [1.82, 2.24) is 0 Å². The number of hydrogen-bond donors (Lipinski definition) is 3. The van der Waals surface area contributed by atoms with Gasteiger partial charge in [-0.05, 0) is 20.3 Å². The molecule has 0 aromatic heterocycles. The summed E-state index contributed by atoms with van der Waals surface area (Å²) in [6, 6.07) is 0. The second-order valence-electron chi connectivity index (χ2n) is 6.26. The average molecular weight is 258 g/mol. The minimum atomic E-state index is -1.19. The molecule has 0 amide bonds. The fraction of sp³-hybridized carbons (Fsp3) is 0.857. The predicted octanol–water partition coefficient (Wildman–Crippen LogP) is 1.24. The largest absolute Gasteiger partial charge is 0.393 e. The van der Waals surface area contributed by atoms with E-state index in [1.54, 1.807) is 33.1 Å². The van der Waals surface area contributed by atoms with Crippen LogP contribution >= 0.6 is 0 Å². The molecule has 1 fully saturated rings. The summed E-state index contributed by atoms with van der Waals surface area (Å²) in [7, 11) is 1.56. The van der Waals surface area contributed by atoms with Crippen LogP contribution in [-0.2, 0) is 4.74 Å². The molecule has 1 rings (SSSR count). The molecule has 18 heavy (non-hydrogen) atoms. The van der Waals surface area contributed by atoms with E-state index in [1.807, 2.05) is 13.8 Å². The number of rotatable bonds is 3. The first-order valence-electron chi connectivity index (χ1n) is 6.41. The number of aliphatic hydroxyl groups excluding tert-OH is 2. The highest BCUT2D eigenvalue weighted by Gasteiger charge is 2.60. The van der Waals surface area contributed by atoms with Crippen molar-refractivity contribution in [2.75, 3.05) is 7.11 Å². The van der Waals surface area contributed by atoms with Crippen LogP contribution in [0.2, 0.25) is 0 Å². The van der Waals surface area contributed by atoms with Gasteiger partial charge in [0.1, 0.15) is 5.60 Å². The molecule has 0 heterocycles. The molecule has 4 heteroatoms. The normalized spacial score (nSPS) is 42.1. The highest BCUT2D eigenvalue weighted by atomic mass is 16.5. The van der Waals surface area contributed by atoms with Gasteiger partial charge in [0.15, 0.2) is 0 Å². The maximum absolute atomic E-state index is 10.7. The molecule has 0 aliphatic heterocycles. The second-order valence-corrected chi connectivity index (χ2v) is 6.26. The molecule has 0 aromatic carbocycles. The van der Waals surface area contributed by atoms with E-state index in [0.717, 1.165) is 0 Å².